The Morgan fingerprint density at radius 3 is 2.85 bits per heavy atom. The number of nitrogens with zero attached hydrogens (tertiary/aromatic N) is 3. The molecule has 20 heavy (non-hydrogen) atoms. The van der Waals surface area contributed by atoms with E-state index in [9.17, 15) is 4.79 Å². The highest BCUT2D eigenvalue weighted by atomic mass is 16.5. The molecule has 1 fully saturated rings. The van der Waals surface area contributed by atoms with E-state index >= 15 is 0 Å². The van der Waals surface area contributed by atoms with Crippen LogP contribution in [0.15, 0.2) is 6.20 Å². The summed E-state index contributed by atoms with van der Waals surface area (Å²) in [5.41, 5.74) is 6.53. The molecule has 1 aliphatic heterocycles. The van der Waals surface area contributed by atoms with Gasteiger partial charge in [0.1, 0.15) is 0 Å². The van der Waals surface area contributed by atoms with E-state index in [2.05, 4.69) is 15.3 Å². The number of nitrogens with two attached hydrogens (primary N) is 1. The number of hydrogen-bond donors (Lipinski definition) is 2. The van der Waals surface area contributed by atoms with Crippen molar-refractivity contribution >= 4 is 11.6 Å². The lowest BCUT2D eigenvalue weighted by atomic mass is 10.2. The fourth-order valence-electron chi connectivity index (χ4n) is 2.28. The maximum atomic E-state index is 12.1. The SMILES string of the molecule is CCn1cc(N)c(C(=O)NC(C)CN2CCOCC2)n1. The first-order valence-electron chi connectivity index (χ1n) is 7.04. The van der Waals surface area contributed by atoms with Crippen LogP contribution in [-0.2, 0) is 11.3 Å². The normalized spacial score (nSPS) is 17.9. The van der Waals surface area contributed by atoms with E-state index < -0.39 is 0 Å². The van der Waals surface area contributed by atoms with Crippen molar-refractivity contribution in [3.05, 3.63) is 11.9 Å². The van der Waals surface area contributed by atoms with Crippen LogP contribution in [0.4, 0.5) is 5.69 Å². The molecule has 1 aliphatic rings. The predicted molar refractivity (Wildman–Crippen MR) is 76.5 cm³/mol. The second kappa shape index (κ2) is 6.71. The Morgan fingerprint density at radius 1 is 1.55 bits per heavy atom. The van der Waals surface area contributed by atoms with E-state index in [0.29, 0.717) is 17.9 Å². The van der Waals surface area contributed by atoms with Crippen molar-refractivity contribution in [2.24, 2.45) is 0 Å². The zero-order valence-electron chi connectivity index (χ0n) is 12.1. The number of nitrogens with one attached hydrogen (secondary N) is 1. The first kappa shape index (κ1) is 14.8. The number of carbonyl (C=O) groups excluding carboxylic acids is 1. The Labute approximate surface area is 119 Å². The average molecular weight is 281 g/mol. The molecule has 1 amide bonds. The van der Waals surface area contributed by atoms with Crippen LogP contribution in [0.1, 0.15) is 24.3 Å². The highest BCUT2D eigenvalue weighted by Gasteiger charge is 2.19. The van der Waals surface area contributed by atoms with Crippen molar-refractivity contribution in [1.29, 1.82) is 0 Å². The van der Waals surface area contributed by atoms with Crippen LogP contribution in [0.25, 0.3) is 0 Å². The highest BCUT2D eigenvalue weighted by Crippen LogP contribution is 2.09. The third-order valence-electron chi connectivity index (χ3n) is 3.34. The Bertz CT molecular complexity index is 454. The molecule has 0 aliphatic carbocycles. The van der Waals surface area contributed by atoms with Crippen molar-refractivity contribution in [3.8, 4) is 0 Å². The lowest BCUT2D eigenvalue weighted by molar-refractivity contribution is 0.0342. The van der Waals surface area contributed by atoms with Crippen molar-refractivity contribution in [1.82, 2.24) is 20.0 Å². The molecule has 0 saturated carbocycles. The molecule has 7 heteroatoms. The number of anilines is 1. The molecule has 1 atom stereocenters. The largest absolute Gasteiger partial charge is 0.396 e. The molecule has 1 aromatic heterocycles. The van der Waals surface area contributed by atoms with Gasteiger partial charge in [0.05, 0.1) is 18.9 Å². The molecule has 3 N–H and O–H groups in total. The van der Waals surface area contributed by atoms with Gasteiger partial charge in [-0.15, -0.1) is 0 Å². The molecule has 0 aromatic carbocycles. The van der Waals surface area contributed by atoms with Gasteiger partial charge >= 0.3 is 0 Å². The summed E-state index contributed by atoms with van der Waals surface area (Å²) in [7, 11) is 0. The summed E-state index contributed by atoms with van der Waals surface area (Å²) in [5.74, 6) is -0.213. The summed E-state index contributed by atoms with van der Waals surface area (Å²) >= 11 is 0. The molecule has 0 spiro atoms. The number of aryl methyl sites for hydroxylation is 1. The zero-order valence-corrected chi connectivity index (χ0v) is 12.1. The standard InChI is InChI=1S/C13H23N5O2/c1-3-18-9-11(14)12(16-18)13(19)15-10(2)8-17-4-6-20-7-5-17/h9-10H,3-8,14H2,1-2H3,(H,15,19). The van der Waals surface area contributed by atoms with E-state index in [1.807, 2.05) is 13.8 Å². The summed E-state index contributed by atoms with van der Waals surface area (Å²) in [6, 6.07) is 0.0479. The maximum absolute atomic E-state index is 12.1. The quantitative estimate of drug-likeness (QED) is 0.789. The summed E-state index contributed by atoms with van der Waals surface area (Å²) in [6.07, 6.45) is 1.68. The first-order valence-corrected chi connectivity index (χ1v) is 7.04. The topological polar surface area (TPSA) is 85.4 Å². The first-order chi connectivity index (χ1) is 9.60. The summed E-state index contributed by atoms with van der Waals surface area (Å²) in [5, 5.41) is 7.12. The third kappa shape index (κ3) is 3.71. The van der Waals surface area contributed by atoms with Crippen molar-refractivity contribution < 1.29 is 9.53 Å². The zero-order chi connectivity index (χ0) is 14.5. The summed E-state index contributed by atoms with van der Waals surface area (Å²) in [4.78, 5) is 14.4. The molecule has 7 nitrogen and oxygen atoms in total. The van der Waals surface area contributed by atoms with Crippen LogP contribution in [0, 0.1) is 0 Å². The molecule has 1 aromatic rings. The number of nitrogen functional groups attached to an aromatic ring is 1. The van der Waals surface area contributed by atoms with Crippen LogP contribution in [0.3, 0.4) is 0 Å². The smallest absolute Gasteiger partial charge is 0.274 e. The Morgan fingerprint density at radius 2 is 2.25 bits per heavy atom. The lowest BCUT2D eigenvalue weighted by Crippen LogP contribution is -2.46. The Balaban J connectivity index is 1.87. The van der Waals surface area contributed by atoms with Crippen molar-refractivity contribution in [3.63, 3.8) is 0 Å². The fraction of sp³-hybridized carbons (Fsp3) is 0.692. The van der Waals surface area contributed by atoms with Gasteiger partial charge in [-0.1, -0.05) is 0 Å². The predicted octanol–water partition coefficient (Wildman–Crippen LogP) is -0.0643. The van der Waals surface area contributed by atoms with Gasteiger partial charge in [-0.3, -0.25) is 14.4 Å². The molecular formula is C13H23N5O2. The number of morpholine rings is 1. The summed E-state index contributed by atoms with van der Waals surface area (Å²) in [6.45, 7) is 8.78. The van der Waals surface area contributed by atoms with Gasteiger partial charge in [0.25, 0.3) is 5.91 Å². The van der Waals surface area contributed by atoms with E-state index in [1.165, 1.54) is 0 Å². The Hall–Kier alpha value is -1.60. The van der Waals surface area contributed by atoms with Gasteiger partial charge in [0.15, 0.2) is 5.69 Å². The fourth-order valence-corrected chi connectivity index (χ4v) is 2.28. The lowest BCUT2D eigenvalue weighted by Gasteiger charge is -2.29. The van der Waals surface area contributed by atoms with Gasteiger partial charge in [-0.2, -0.15) is 5.10 Å². The van der Waals surface area contributed by atoms with E-state index in [1.54, 1.807) is 10.9 Å². The van der Waals surface area contributed by atoms with Gasteiger partial charge < -0.3 is 15.8 Å². The number of carbonyl (C=O) groups is 1. The van der Waals surface area contributed by atoms with Gasteiger partial charge in [0.2, 0.25) is 0 Å². The van der Waals surface area contributed by atoms with Crippen LogP contribution < -0.4 is 11.1 Å². The Kier molecular flexibility index (Phi) is 4.97. The van der Waals surface area contributed by atoms with Crippen molar-refractivity contribution in [2.75, 3.05) is 38.6 Å². The van der Waals surface area contributed by atoms with Crippen LogP contribution in [0.5, 0.6) is 0 Å². The van der Waals surface area contributed by atoms with E-state index in [4.69, 9.17) is 10.5 Å². The van der Waals surface area contributed by atoms with Crippen LogP contribution in [0.2, 0.25) is 0 Å². The number of ether oxygens (including phenoxy) is 1. The van der Waals surface area contributed by atoms with E-state index in [-0.39, 0.29) is 11.9 Å². The highest BCUT2D eigenvalue weighted by molar-refractivity contribution is 5.97. The van der Waals surface area contributed by atoms with Crippen molar-refractivity contribution in [2.45, 2.75) is 26.4 Å². The van der Waals surface area contributed by atoms with Gasteiger partial charge in [-0.25, -0.2) is 0 Å². The van der Waals surface area contributed by atoms with Gasteiger partial charge in [0, 0.05) is 38.4 Å². The number of aromatic nitrogens is 2. The summed E-state index contributed by atoms with van der Waals surface area (Å²) < 4.78 is 6.97. The molecule has 1 unspecified atom stereocenters. The number of rotatable bonds is 5. The third-order valence-corrected chi connectivity index (χ3v) is 3.34. The minimum Gasteiger partial charge on any atom is -0.396 e. The number of hydrogen-bond acceptors (Lipinski definition) is 5. The molecule has 112 valence electrons. The molecule has 0 radical (unpaired) electrons. The molecule has 1 saturated heterocycles. The monoisotopic (exact) mass is 281 g/mol. The second-order valence-electron chi connectivity index (χ2n) is 5.08. The molecule has 2 rings (SSSR count). The minimum absolute atomic E-state index is 0.0479. The van der Waals surface area contributed by atoms with Crippen LogP contribution >= 0.6 is 0 Å². The van der Waals surface area contributed by atoms with Crippen LogP contribution in [-0.4, -0.2) is 59.5 Å². The van der Waals surface area contributed by atoms with Gasteiger partial charge in [-0.05, 0) is 13.8 Å². The number of amides is 1. The molecule has 2 heterocycles. The molecular weight excluding hydrogens is 258 g/mol. The van der Waals surface area contributed by atoms with E-state index in [0.717, 1.165) is 32.8 Å². The maximum Gasteiger partial charge on any atom is 0.274 e. The molecule has 0 bridgehead atoms. The second-order valence-corrected chi connectivity index (χ2v) is 5.08. The average Bonchev–Trinajstić information content (AvgIpc) is 2.81. The minimum atomic E-state index is -0.213.